The van der Waals surface area contributed by atoms with Crippen molar-refractivity contribution in [1.29, 1.82) is 0 Å². The summed E-state index contributed by atoms with van der Waals surface area (Å²) in [4.78, 5) is 11.5. The average molecular weight is 491 g/mol. The van der Waals surface area contributed by atoms with Gasteiger partial charge < -0.3 is 20.0 Å². The molecule has 0 aliphatic carbocycles. The van der Waals surface area contributed by atoms with Gasteiger partial charge in [0.05, 0.1) is 6.20 Å². The summed E-state index contributed by atoms with van der Waals surface area (Å²) in [5, 5.41) is 6.72. The maximum absolute atomic E-state index is 5.81. The summed E-state index contributed by atoms with van der Waals surface area (Å²) in [7, 11) is 0. The zero-order valence-electron chi connectivity index (χ0n) is 17.5. The van der Waals surface area contributed by atoms with Crippen LogP contribution in [0.2, 0.25) is 0 Å². The van der Waals surface area contributed by atoms with Gasteiger partial charge in [0.15, 0.2) is 5.96 Å². The van der Waals surface area contributed by atoms with Crippen molar-refractivity contribution >= 4 is 29.9 Å². The molecule has 0 aromatic carbocycles. The van der Waals surface area contributed by atoms with E-state index in [-0.39, 0.29) is 29.4 Å². The first-order valence-corrected chi connectivity index (χ1v) is 10.2. The molecule has 1 aromatic rings. The van der Waals surface area contributed by atoms with Crippen LogP contribution in [0.1, 0.15) is 71.5 Å². The Labute approximate surface area is 182 Å². The minimum atomic E-state index is -0.0228. The van der Waals surface area contributed by atoms with Crippen LogP contribution in [0.5, 0.6) is 0 Å². The molecule has 7 heteroatoms. The molecule has 2 rings (SSSR count). The molecule has 0 spiro atoms. The molecule has 0 atom stereocenters. The molecule has 0 radical (unpaired) electrons. The average Bonchev–Trinajstić information content (AvgIpc) is 2.93. The van der Waals surface area contributed by atoms with Crippen molar-refractivity contribution in [2.24, 2.45) is 4.99 Å². The van der Waals surface area contributed by atoms with Crippen LogP contribution in [-0.4, -0.2) is 48.6 Å². The number of aliphatic imine (C=N–C) groups is 1. The van der Waals surface area contributed by atoms with E-state index in [4.69, 9.17) is 4.42 Å². The van der Waals surface area contributed by atoms with Crippen LogP contribution < -0.4 is 10.6 Å². The lowest BCUT2D eigenvalue weighted by Gasteiger charge is -2.20. The number of oxazole rings is 1. The number of halogens is 1. The minimum absolute atomic E-state index is 0. The van der Waals surface area contributed by atoms with Crippen LogP contribution in [0.4, 0.5) is 0 Å². The molecule has 1 fully saturated rings. The van der Waals surface area contributed by atoms with E-state index in [9.17, 15) is 0 Å². The molecule has 1 aliphatic rings. The molecular weight excluding hydrogens is 453 g/mol. The van der Waals surface area contributed by atoms with Gasteiger partial charge in [-0.05, 0) is 45.8 Å². The van der Waals surface area contributed by atoms with Gasteiger partial charge >= 0.3 is 0 Å². The molecule has 27 heavy (non-hydrogen) atoms. The molecule has 1 aromatic heterocycles. The fraction of sp³-hybridized carbons (Fsp3) is 0.800. The van der Waals surface area contributed by atoms with Crippen molar-refractivity contribution in [3.63, 3.8) is 0 Å². The van der Waals surface area contributed by atoms with Gasteiger partial charge in [0, 0.05) is 18.5 Å². The third-order valence-corrected chi connectivity index (χ3v) is 4.65. The van der Waals surface area contributed by atoms with Gasteiger partial charge in [-0.25, -0.2) is 9.98 Å². The number of aromatic nitrogens is 1. The van der Waals surface area contributed by atoms with E-state index in [1.165, 1.54) is 45.3 Å². The Morgan fingerprint density at radius 1 is 1.19 bits per heavy atom. The highest BCUT2D eigenvalue weighted by molar-refractivity contribution is 14.0. The molecular formula is C20H38IN5O. The Hall–Kier alpha value is -0.830. The smallest absolute Gasteiger partial charge is 0.216 e. The third-order valence-electron chi connectivity index (χ3n) is 4.65. The van der Waals surface area contributed by atoms with E-state index in [1.54, 1.807) is 0 Å². The van der Waals surface area contributed by atoms with Gasteiger partial charge in [-0.15, -0.1) is 24.0 Å². The van der Waals surface area contributed by atoms with Crippen LogP contribution >= 0.6 is 24.0 Å². The Bertz CT molecular complexity index is 545. The monoisotopic (exact) mass is 491 g/mol. The second-order valence-corrected chi connectivity index (χ2v) is 8.10. The maximum atomic E-state index is 5.81. The predicted molar refractivity (Wildman–Crippen MR) is 123 cm³/mol. The van der Waals surface area contributed by atoms with Crippen molar-refractivity contribution in [3.8, 4) is 0 Å². The lowest BCUT2D eigenvalue weighted by molar-refractivity contribution is 0.282. The van der Waals surface area contributed by atoms with Crippen LogP contribution in [0.25, 0.3) is 0 Å². The number of nitrogens with zero attached hydrogens (tertiary/aromatic N) is 3. The summed E-state index contributed by atoms with van der Waals surface area (Å²) < 4.78 is 5.81. The third kappa shape index (κ3) is 9.27. The fourth-order valence-electron chi connectivity index (χ4n) is 3.09. The summed E-state index contributed by atoms with van der Waals surface area (Å²) in [5.41, 5.74) is -0.0228. The maximum Gasteiger partial charge on any atom is 0.216 e. The molecule has 0 amide bonds. The highest BCUT2D eigenvalue weighted by Gasteiger charge is 2.19. The van der Waals surface area contributed by atoms with Gasteiger partial charge in [0.1, 0.15) is 12.3 Å². The predicted octanol–water partition coefficient (Wildman–Crippen LogP) is 3.91. The number of nitrogens with one attached hydrogen (secondary N) is 2. The number of guanidine groups is 1. The van der Waals surface area contributed by atoms with Gasteiger partial charge in [-0.1, -0.05) is 33.6 Å². The summed E-state index contributed by atoms with van der Waals surface area (Å²) in [6.45, 7) is 14.4. The quantitative estimate of drug-likeness (QED) is 0.262. The standard InChI is InChI=1S/C20H37N5O.HI/c1-5-21-19(22-11-10-14-25-12-8-6-7-9-13-25)24-16-18-23-15-17(26-18)20(2,3)4;/h15H,5-14,16H2,1-4H3,(H2,21,22,24);1H. The molecule has 2 N–H and O–H groups in total. The molecule has 1 saturated heterocycles. The Kier molecular flexibility index (Phi) is 11.3. The highest BCUT2D eigenvalue weighted by atomic mass is 127. The van der Waals surface area contributed by atoms with Crippen molar-refractivity contribution in [3.05, 3.63) is 17.8 Å². The van der Waals surface area contributed by atoms with Gasteiger partial charge in [-0.3, -0.25) is 0 Å². The Morgan fingerprint density at radius 3 is 2.48 bits per heavy atom. The largest absolute Gasteiger partial charge is 0.443 e. The first-order chi connectivity index (χ1) is 12.5. The molecule has 156 valence electrons. The SMILES string of the molecule is CCNC(=NCc1ncc(C(C)(C)C)o1)NCCCN1CCCCCC1.I. The van der Waals surface area contributed by atoms with Crippen molar-refractivity contribution in [1.82, 2.24) is 20.5 Å². The zero-order valence-corrected chi connectivity index (χ0v) is 19.8. The summed E-state index contributed by atoms with van der Waals surface area (Å²) in [5.74, 6) is 2.40. The number of hydrogen-bond acceptors (Lipinski definition) is 4. The lowest BCUT2D eigenvalue weighted by Crippen LogP contribution is -2.39. The molecule has 0 unspecified atom stereocenters. The Morgan fingerprint density at radius 2 is 1.89 bits per heavy atom. The lowest BCUT2D eigenvalue weighted by atomic mass is 9.94. The van der Waals surface area contributed by atoms with Gasteiger partial charge in [0.2, 0.25) is 5.89 Å². The minimum Gasteiger partial charge on any atom is -0.443 e. The molecule has 1 aliphatic heterocycles. The van der Waals surface area contributed by atoms with Crippen molar-refractivity contribution in [2.75, 3.05) is 32.7 Å². The molecule has 2 heterocycles. The van der Waals surface area contributed by atoms with E-state index in [2.05, 4.69) is 53.2 Å². The van der Waals surface area contributed by atoms with Crippen LogP contribution in [0.15, 0.2) is 15.6 Å². The molecule has 6 nitrogen and oxygen atoms in total. The van der Waals surface area contributed by atoms with Crippen LogP contribution in [0.3, 0.4) is 0 Å². The van der Waals surface area contributed by atoms with Gasteiger partial charge in [-0.2, -0.15) is 0 Å². The fourth-order valence-corrected chi connectivity index (χ4v) is 3.09. The van der Waals surface area contributed by atoms with E-state index >= 15 is 0 Å². The first kappa shape index (κ1) is 24.2. The topological polar surface area (TPSA) is 65.7 Å². The summed E-state index contributed by atoms with van der Waals surface area (Å²) in [6.07, 6.45) is 8.44. The number of hydrogen-bond donors (Lipinski definition) is 2. The van der Waals surface area contributed by atoms with E-state index in [1.807, 2.05) is 6.20 Å². The first-order valence-electron chi connectivity index (χ1n) is 10.2. The Balaban J connectivity index is 0.00000364. The zero-order chi connectivity index (χ0) is 18.8. The highest BCUT2D eigenvalue weighted by Crippen LogP contribution is 2.22. The number of likely N-dealkylation sites (tertiary alicyclic amines) is 1. The second-order valence-electron chi connectivity index (χ2n) is 8.10. The van der Waals surface area contributed by atoms with E-state index < -0.39 is 0 Å². The van der Waals surface area contributed by atoms with Crippen molar-refractivity contribution < 1.29 is 4.42 Å². The van der Waals surface area contributed by atoms with E-state index in [0.29, 0.717) is 12.4 Å². The van der Waals surface area contributed by atoms with Crippen LogP contribution in [0, 0.1) is 0 Å². The summed E-state index contributed by atoms with van der Waals surface area (Å²) in [6, 6.07) is 0. The van der Waals surface area contributed by atoms with Crippen molar-refractivity contribution in [2.45, 2.75) is 71.8 Å². The summed E-state index contributed by atoms with van der Waals surface area (Å²) >= 11 is 0. The molecule has 0 bridgehead atoms. The van der Waals surface area contributed by atoms with Crippen LogP contribution in [-0.2, 0) is 12.0 Å². The van der Waals surface area contributed by atoms with E-state index in [0.717, 1.165) is 31.2 Å². The second kappa shape index (κ2) is 12.6. The number of rotatable bonds is 7. The molecule has 0 saturated carbocycles. The van der Waals surface area contributed by atoms with Gasteiger partial charge in [0.25, 0.3) is 0 Å². The normalized spacial score (nSPS) is 16.5.